The molecule has 248 valence electrons. The molecule has 7 aromatic rings. The summed E-state index contributed by atoms with van der Waals surface area (Å²) in [5.41, 5.74) is 10.4. The van der Waals surface area contributed by atoms with Crippen molar-refractivity contribution >= 4 is 27.7 Å². The molecule has 0 radical (unpaired) electrons. The van der Waals surface area contributed by atoms with Crippen LogP contribution in [0.2, 0.25) is 0 Å². The van der Waals surface area contributed by atoms with Crippen LogP contribution in [-0.2, 0) is 25.8 Å². The SMILES string of the molecule is Cc1ccnc(-c2[c-]c3c(cc2)c2ccccc2n3-c2[c-]c(C3=N[C@H](C4CCCCC4)[C@@H](c4ccccc4)O3)cc(-c3ccccc3)c2)c1.[Pt+2]. The van der Waals surface area contributed by atoms with Gasteiger partial charge < -0.3 is 14.3 Å². The van der Waals surface area contributed by atoms with E-state index in [0.29, 0.717) is 11.8 Å². The van der Waals surface area contributed by atoms with Crippen molar-refractivity contribution in [3.63, 3.8) is 0 Å². The molecular weight excluding hydrogens is 794 g/mol. The van der Waals surface area contributed by atoms with E-state index in [4.69, 9.17) is 14.7 Å². The molecule has 2 aliphatic rings. The van der Waals surface area contributed by atoms with Gasteiger partial charge in [-0.05, 0) is 71.2 Å². The molecule has 0 saturated heterocycles. The number of hydrogen-bond donors (Lipinski definition) is 0. The smallest absolute Gasteiger partial charge is 0.510 e. The van der Waals surface area contributed by atoms with Crippen molar-refractivity contribution in [1.82, 2.24) is 9.55 Å². The Labute approximate surface area is 308 Å². The number of hydrogen-bond acceptors (Lipinski definition) is 3. The van der Waals surface area contributed by atoms with Crippen molar-refractivity contribution in [1.29, 1.82) is 0 Å². The summed E-state index contributed by atoms with van der Waals surface area (Å²) in [6.45, 7) is 2.10. The number of para-hydroxylation sites is 1. The summed E-state index contributed by atoms with van der Waals surface area (Å²) in [4.78, 5) is 10.1. The average Bonchev–Trinajstić information content (AvgIpc) is 3.76. The van der Waals surface area contributed by atoms with Crippen molar-refractivity contribution < 1.29 is 25.8 Å². The fraction of sp³-hybridized carbons (Fsp3) is 0.200. The van der Waals surface area contributed by atoms with Crippen molar-refractivity contribution in [2.24, 2.45) is 10.9 Å². The van der Waals surface area contributed by atoms with E-state index in [2.05, 4.69) is 139 Å². The van der Waals surface area contributed by atoms with Gasteiger partial charge in [-0.3, -0.25) is 4.99 Å². The topological polar surface area (TPSA) is 39.4 Å². The minimum absolute atomic E-state index is 0. The van der Waals surface area contributed by atoms with Gasteiger partial charge in [-0.2, -0.15) is 0 Å². The van der Waals surface area contributed by atoms with Gasteiger partial charge in [0.2, 0.25) is 0 Å². The largest absolute Gasteiger partial charge is 2.00 e. The fourth-order valence-electron chi connectivity index (χ4n) is 7.86. The standard InChI is InChI=1S/C45H37N3O.Pt/c1-30-23-24-46-40(25-30)34-21-22-39-38-19-11-12-20-41(38)48(42(39)29-34)37-27-35(31-13-5-2-6-14-31)26-36(28-37)45-47-43(32-15-7-3-8-16-32)44(49-45)33-17-9-4-10-18-33;/h2,4-6,9-14,17-27,32,43-44H,3,7-8,15-16H2,1H3;/q-2;+2/t43-,44-;/m1./s1. The minimum atomic E-state index is -0.109. The van der Waals surface area contributed by atoms with Crippen molar-refractivity contribution in [2.45, 2.75) is 51.2 Å². The Hall–Kier alpha value is -4.79. The number of ether oxygens (including phenoxy) is 1. The Balaban J connectivity index is 0.00000361. The van der Waals surface area contributed by atoms with E-state index >= 15 is 0 Å². The molecule has 4 nitrogen and oxygen atoms in total. The van der Waals surface area contributed by atoms with Gasteiger partial charge in [0.05, 0.1) is 6.04 Å². The van der Waals surface area contributed by atoms with Crippen LogP contribution in [0.4, 0.5) is 0 Å². The van der Waals surface area contributed by atoms with E-state index in [0.717, 1.165) is 50.1 Å². The van der Waals surface area contributed by atoms with Gasteiger partial charge in [-0.15, -0.1) is 42.0 Å². The van der Waals surface area contributed by atoms with Gasteiger partial charge >= 0.3 is 21.1 Å². The van der Waals surface area contributed by atoms with Crippen LogP contribution in [0.25, 0.3) is 49.9 Å². The summed E-state index contributed by atoms with van der Waals surface area (Å²) in [5.74, 6) is 1.19. The van der Waals surface area contributed by atoms with Gasteiger partial charge in [0.1, 0.15) is 12.0 Å². The van der Waals surface area contributed by atoms with E-state index < -0.39 is 0 Å². The van der Waals surface area contributed by atoms with Gasteiger partial charge in [0.25, 0.3) is 0 Å². The molecule has 50 heavy (non-hydrogen) atoms. The molecular formula is C45H37N3OPt. The maximum absolute atomic E-state index is 6.92. The number of pyridine rings is 1. The van der Waals surface area contributed by atoms with Crippen LogP contribution in [0.15, 0.2) is 133 Å². The molecule has 2 aromatic heterocycles. The Morgan fingerprint density at radius 1 is 0.700 bits per heavy atom. The first-order valence-electron chi connectivity index (χ1n) is 17.5. The summed E-state index contributed by atoms with van der Waals surface area (Å²) in [6.07, 6.45) is 7.99. The summed E-state index contributed by atoms with van der Waals surface area (Å²) in [7, 11) is 0. The molecule has 0 N–H and O–H groups in total. The average molecular weight is 831 g/mol. The summed E-state index contributed by atoms with van der Waals surface area (Å²) < 4.78 is 9.21. The van der Waals surface area contributed by atoms with Crippen molar-refractivity contribution in [3.8, 4) is 28.1 Å². The third-order valence-electron chi connectivity index (χ3n) is 10.3. The molecule has 0 unspecified atom stereocenters. The predicted octanol–water partition coefficient (Wildman–Crippen LogP) is 10.9. The summed E-state index contributed by atoms with van der Waals surface area (Å²) >= 11 is 0. The number of aryl methyl sites for hydroxylation is 1. The number of fused-ring (bicyclic) bond motifs is 3. The van der Waals surface area contributed by atoms with Crippen molar-refractivity contribution in [2.75, 3.05) is 0 Å². The molecule has 0 spiro atoms. The monoisotopic (exact) mass is 830 g/mol. The number of aliphatic imine (C=N–C) groups is 1. The van der Waals surface area contributed by atoms with Crippen LogP contribution in [-0.4, -0.2) is 21.5 Å². The zero-order chi connectivity index (χ0) is 32.7. The van der Waals surface area contributed by atoms with E-state index in [1.54, 1.807) is 0 Å². The molecule has 0 amide bonds. The second-order valence-electron chi connectivity index (χ2n) is 13.5. The van der Waals surface area contributed by atoms with E-state index in [-0.39, 0.29) is 33.2 Å². The molecule has 1 saturated carbocycles. The Morgan fingerprint density at radius 3 is 2.26 bits per heavy atom. The molecule has 5 heteroatoms. The normalized spacial score (nSPS) is 17.7. The zero-order valence-electron chi connectivity index (χ0n) is 28.0. The van der Waals surface area contributed by atoms with Crippen LogP contribution in [0.3, 0.4) is 0 Å². The van der Waals surface area contributed by atoms with Gasteiger partial charge in [0, 0.05) is 11.7 Å². The second kappa shape index (κ2) is 13.8. The summed E-state index contributed by atoms with van der Waals surface area (Å²) in [6, 6.07) is 50.4. The summed E-state index contributed by atoms with van der Waals surface area (Å²) in [5, 5.41) is 2.32. The Bertz CT molecular complexity index is 2320. The van der Waals surface area contributed by atoms with E-state index in [1.807, 2.05) is 12.3 Å². The number of rotatable bonds is 6. The van der Waals surface area contributed by atoms with Gasteiger partial charge in [0.15, 0.2) is 0 Å². The van der Waals surface area contributed by atoms with Crippen molar-refractivity contribution in [3.05, 3.63) is 156 Å². The van der Waals surface area contributed by atoms with Crippen LogP contribution in [0.1, 0.15) is 54.9 Å². The van der Waals surface area contributed by atoms with Crippen LogP contribution < -0.4 is 0 Å². The van der Waals surface area contributed by atoms with Gasteiger partial charge in [-0.25, -0.2) is 0 Å². The van der Waals surface area contributed by atoms with Crippen LogP contribution >= 0.6 is 0 Å². The molecule has 1 fully saturated rings. The Morgan fingerprint density at radius 2 is 1.46 bits per heavy atom. The number of aromatic nitrogens is 2. The van der Waals surface area contributed by atoms with Gasteiger partial charge in [-0.1, -0.05) is 126 Å². The maximum atomic E-state index is 6.92. The van der Waals surface area contributed by atoms with Crippen LogP contribution in [0, 0.1) is 25.0 Å². The molecule has 1 aliphatic carbocycles. The molecule has 5 aromatic carbocycles. The minimum Gasteiger partial charge on any atom is -0.510 e. The third kappa shape index (κ3) is 6.01. The fourth-order valence-corrected chi connectivity index (χ4v) is 7.86. The molecule has 3 heterocycles. The molecule has 0 bridgehead atoms. The maximum Gasteiger partial charge on any atom is 2.00 e. The quantitative estimate of drug-likeness (QED) is 0.157. The van der Waals surface area contributed by atoms with E-state index in [1.165, 1.54) is 48.6 Å². The molecule has 1 aliphatic heterocycles. The number of benzene rings is 5. The first kappa shape index (κ1) is 32.4. The zero-order valence-corrected chi connectivity index (χ0v) is 30.2. The predicted molar refractivity (Wildman–Crippen MR) is 199 cm³/mol. The van der Waals surface area contributed by atoms with E-state index in [9.17, 15) is 0 Å². The first-order chi connectivity index (χ1) is 24.2. The number of nitrogens with zero attached hydrogens (tertiary/aromatic N) is 3. The Kier molecular flexibility index (Phi) is 8.98. The first-order valence-corrected chi connectivity index (χ1v) is 17.5. The molecule has 9 rings (SSSR count). The third-order valence-corrected chi connectivity index (χ3v) is 10.3. The second-order valence-corrected chi connectivity index (χ2v) is 13.5. The van der Waals surface area contributed by atoms with Crippen LogP contribution in [0.5, 0.6) is 0 Å². The molecule has 2 atom stereocenters.